The Bertz CT molecular complexity index is 406. The van der Waals surface area contributed by atoms with Gasteiger partial charge in [-0.1, -0.05) is 13.8 Å². The zero-order valence-corrected chi connectivity index (χ0v) is 9.21. The smallest absolute Gasteiger partial charge is 0.315 e. The van der Waals surface area contributed by atoms with Gasteiger partial charge in [0.15, 0.2) is 0 Å². The highest BCUT2D eigenvalue weighted by Gasteiger charge is 2.30. The molecule has 0 spiro atoms. The standard InChI is InChI=1S/C11H14F3NO/c1-8(2)5-6-15-7-9(11(12,13)14)3-4-10(15)16/h3-4,7-8H,5-6H2,1-2H3. The van der Waals surface area contributed by atoms with Gasteiger partial charge in [0.25, 0.3) is 5.56 Å². The second-order valence-electron chi connectivity index (χ2n) is 4.13. The topological polar surface area (TPSA) is 22.0 Å². The first-order valence-electron chi connectivity index (χ1n) is 5.08. The van der Waals surface area contributed by atoms with Crippen LogP contribution in [0.25, 0.3) is 0 Å². The average molecular weight is 233 g/mol. The van der Waals surface area contributed by atoms with E-state index in [1.165, 1.54) is 0 Å². The van der Waals surface area contributed by atoms with E-state index in [0.29, 0.717) is 18.9 Å². The minimum Gasteiger partial charge on any atom is -0.315 e. The average Bonchev–Trinajstić information content (AvgIpc) is 2.14. The third-order valence-electron chi connectivity index (χ3n) is 2.26. The Morgan fingerprint density at radius 1 is 1.31 bits per heavy atom. The fourth-order valence-electron chi connectivity index (χ4n) is 1.27. The lowest BCUT2D eigenvalue weighted by molar-refractivity contribution is -0.138. The molecule has 0 atom stereocenters. The molecule has 5 heteroatoms. The zero-order valence-electron chi connectivity index (χ0n) is 9.21. The third-order valence-corrected chi connectivity index (χ3v) is 2.26. The summed E-state index contributed by atoms with van der Waals surface area (Å²) in [7, 11) is 0. The molecule has 1 rings (SSSR count). The van der Waals surface area contributed by atoms with Gasteiger partial charge in [-0.2, -0.15) is 13.2 Å². The van der Waals surface area contributed by atoms with E-state index in [9.17, 15) is 18.0 Å². The van der Waals surface area contributed by atoms with E-state index in [4.69, 9.17) is 0 Å². The lowest BCUT2D eigenvalue weighted by Crippen LogP contribution is -2.22. The maximum absolute atomic E-state index is 12.4. The summed E-state index contributed by atoms with van der Waals surface area (Å²) in [6, 6.07) is 1.78. The van der Waals surface area contributed by atoms with Gasteiger partial charge in [0.2, 0.25) is 0 Å². The van der Waals surface area contributed by atoms with Crippen molar-refractivity contribution in [1.29, 1.82) is 0 Å². The summed E-state index contributed by atoms with van der Waals surface area (Å²) in [6.45, 7) is 4.23. The molecule has 0 N–H and O–H groups in total. The molecule has 0 fully saturated rings. The van der Waals surface area contributed by atoms with Gasteiger partial charge in [0, 0.05) is 18.8 Å². The third kappa shape index (κ3) is 3.40. The molecule has 1 aromatic rings. The normalized spacial score (nSPS) is 12.1. The van der Waals surface area contributed by atoms with Crippen LogP contribution < -0.4 is 5.56 Å². The van der Waals surface area contributed by atoms with Crippen molar-refractivity contribution in [1.82, 2.24) is 4.57 Å². The molecule has 0 aliphatic heterocycles. The van der Waals surface area contributed by atoms with Crippen LogP contribution in [0, 0.1) is 5.92 Å². The molecule has 90 valence electrons. The Kier molecular flexibility index (Phi) is 3.78. The molecule has 1 heterocycles. The fourth-order valence-corrected chi connectivity index (χ4v) is 1.27. The van der Waals surface area contributed by atoms with Gasteiger partial charge in [0.05, 0.1) is 5.56 Å². The van der Waals surface area contributed by atoms with E-state index in [2.05, 4.69) is 0 Å². The minimum atomic E-state index is -4.40. The number of pyridine rings is 1. The first-order valence-corrected chi connectivity index (χ1v) is 5.08. The number of nitrogens with zero attached hydrogens (tertiary/aromatic N) is 1. The van der Waals surface area contributed by atoms with Crippen molar-refractivity contribution in [3.8, 4) is 0 Å². The number of hydrogen-bond donors (Lipinski definition) is 0. The highest BCUT2D eigenvalue weighted by atomic mass is 19.4. The van der Waals surface area contributed by atoms with Gasteiger partial charge in [-0.25, -0.2) is 0 Å². The van der Waals surface area contributed by atoms with Crippen LogP contribution in [-0.2, 0) is 12.7 Å². The van der Waals surface area contributed by atoms with E-state index < -0.39 is 17.3 Å². The Morgan fingerprint density at radius 3 is 2.44 bits per heavy atom. The number of halogens is 3. The van der Waals surface area contributed by atoms with E-state index in [0.717, 1.165) is 22.9 Å². The van der Waals surface area contributed by atoms with Gasteiger partial charge in [-0.15, -0.1) is 0 Å². The van der Waals surface area contributed by atoms with Crippen LogP contribution in [0.15, 0.2) is 23.1 Å². The molecular weight excluding hydrogens is 219 g/mol. The zero-order chi connectivity index (χ0) is 12.3. The lowest BCUT2D eigenvalue weighted by Gasteiger charge is -2.11. The van der Waals surface area contributed by atoms with E-state index in [1.54, 1.807) is 0 Å². The maximum atomic E-state index is 12.4. The van der Waals surface area contributed by atoms with Gasteiger partial charge >= 0.3 is 6.18 Å². The fraction of sp³-hybridized carbons (Fsp3) is 0.545. The summed E-state index contributed by atoms with van der Waals surface area (Å²) >= 11 is 0. The van der Waals surface area contributed by atoms with Crippen LogP contribution in [0.2, 0.25) is 0 Å². The minimum absolute atomic E-state index is 0.320. The quantitative estimate of drug-likeness (QED) is 0.786. The van der Waals surface area contributed by atoms with Crippen LogP contribution in [0.4, 0.5) is 13.2 Å². The van der Waals surface area contributed by atoms with Crippen molar-refractivity contribution in [2.24, 2.45) is 5.92 Å². The second-order valence-corrected chi connectivity index (χ2v) is 4.13. The van der Waals surface area contributed by atoms with Crippen LogP contribution in [0.1, 0.15) is 25.8 Å². The first kappa shape index (κ1) is 12.8. The van der Waals surface area contributed by atoms with Crippen molar-refractivity contribution in [2.45, 2.75) is 33.0 Å². The molecule has 2 nitrogen and oxygen atoms in total. The van der Waals surface area contributed by atoms with Crippen molar-refractivity contribution < 1.29 is 13.2 Å². The van der Waals surface area contributed by atoms with Gasteiger partial charge in [0.1, 0.15) is 0 Å². The lowest BCUT2D eigenvalue weighted by atomic mass is 10.1. The van der Waals surface area contributed by atoms with E-state index >= 15 is 0 Å². The molecular formula is C11H14F3NO. The van der Waals surface area contributed by atoms with Crippen molar-refractivity contribution >= 4 is 0 Å². The summed E-state index contributed by atoms with van der Waals surface area (Å²) in [4.78, 5) is 11.3. The Hall–Kier alpha value is -1.26. The van der Waals surface area contributed by atoms with Gasteiger partial charge in [-0.3, -0.25) is 4.79 Å². The van der Waals surface area contributed by atoms with Crippen LogP contribution >= 0.6 is 0 Å². The first-order chi connectivity index (χ1) is 7.30. The highest BCUT2D eigenvalue weighted by molar-refractivity contribution is 5.13. The van der Waals surface area contributed by atoms with Crippen molar-refractivity contribution in [2.75, 3.05) is 0 Å². The molecule has 0 radical (unpaired) electrons. The molecule has 0 aromatic carbocycles. The van der Waals surface area contributed by atoms with Crippen LogP contribution in [0.3, 0.4) is 0 Å². The highest BCUT2D eigenvalue weighted by Crippen LogP contribution is 2.28. The molecule has 1 aromatic heterocycles. The predicted molar refractivity (Wildman–Crippen MR) is 55.2 cm³/mol. The predicted octanol–water partition coefficient (Wildman–Crippen LogP) is 2.91. The SMILES string of the molecule is CC(C)CCn1cc(C(F)(F)F)ccc1=O. The van der Waals surface area contributed by atoms with E-state index in [-0.39, 0.29) is 0 Å². The molecule has 0 saturated carbocycles. The van der Waals surface area contributed by atoms with Gasteiger partial charge < -0.3 is 4.57 Å². The molecule has 0 bridgehead atoms. The molecule has 0 saturated heterocycles. The number of aryl methyl sites for hydroxylation is 1. The molecule has 0 aliphatic carbocycles. The molecule has 16 heavy (non-hydrogen) atoms. The Labute approximate surface area is 91.7 Å². The Morgan fingerprint density at radius 2 is 1.94 bits per heavy atom. The Balaban J connectivity index is 2.96. The van der Waals surface area contributed by atoms with Crippen LogP contribution in [0.5, 0.6) is 0 Å². The summed E-state index contributed by atoms with van der Waals surface area (Å²) < 4.78 is 38.3. The van der Waals surface area contributed by atoms with Crippen molar-refractivity contribution in [3.05, 3.63) is 34.2 Å². The second kappa shape index (κ2) is 4.72. The summed E-state index contributed by atoms with van der Waals surface area (Å²) in [5, 5.41) is 0. The summed E-state index contributed by atoms with van der Waals surface area (Å²) in [5.41, 5.74) is -1.18. The molecule has 0 aliphatic rings. The van der Waals surface area contributed by atoms with Gasteiger partial charge in [-0.05, 0) is 18.4 Å². The summed E-state index contributed by atoms with van der Waals surface area (Å²) in [6.07, 6.45) is -2.83. The van der Waals surface area contributed by atoms with Crippen LogP contribution in [-0.4, -0.2) is 4.57 Å². The number of alkyl halides is 3. The number of rotatable bonds is 3. The summed E-state index contributed by atoms with van der Waals surface area (Å²) in [5.74, 6) is 0.349. The van der Waals surface area contributed by atoms with E-state index in [1.807, 2.05) is 13.8 Å². The number of aromatic nitrogens is 1. The largest absolute Gasteiger partial charge is 0.417 e. The maximum Gasteiger partial charge on any atom is 0.417 e. The number of hydrogen-bond acceptors (Lipinski definition) is 1. The molecule has 0 unspecified atom stereocenters. The molecule has 0 amide bonds. The monoisotopic (exact) mass is 233 g/mol. The van der Waals surface area contributed by atoms with Crippen molar-refractivity contribution in [3.63, 3.8) is 0 Å².